The number of carbonyl (C=O) groups excluding carboxylic acids is 1. The number of fused-ring (bicyclic) bond motifs is 1. The molecule has 1 amide bonds. The highest BCUT2D eigenvalue weighted by molar-refractivity contribution is 14.1. The van der Waals surface area contributed by atoms with E-state index in [1.165, 1.54) is 27.7 Å². The first kappa shape index (κ1) is 17.6. The molecule has 3 heterocycles. The Balaban J connectivity index is 1.67. The van der Waals surface area contributed by atoms with Crippen LogP contribution >= 0.6 is 22.6 Å². The largest absolute Gasteiger partial charge is 0.370 e. The lowest BCUT2D eigenvalue weighted by atomic mass is 10.1. The maximum atomic E-state index is 12.4. The van der Waals surface area contributed by atoms with Crippen molar-refractivity contribution in [2.45, 2.75) is 33.2 Å². The fraction of sp³-hybridized carbons (Fsp3) is 0.400. The van der Waals surface area contributed by atoms with E-state index in [2.05, 4.69) is 56.8 Å². The summed E-state index contributed by atoms with van der Waals surface area (Å²) >= 11 is 2.40. The van der Waals surface area contributed by atoms with Crippen molar-refractivity contribution in [3.63, 3.8) is 0 Å². The third-order valence-corrected chi connectivity index (χ3v) is 6.36. The number of hydrogen-bond acceptors (Lipinski definition) is 4. The zero-order valence-electron chi connectivity index (χ0n) is 15.2. The Labute approximate surface area is 167 Å². The number of carbonyl (C=O) groups is 1. The minimum Gasteiger partial charge on any atom is -0.370 e. The molecule has 0 atom stereocenters. The van der Waals surface area contributed by atoms with Crippen LogP contribution in [0.4, 0.5) is 17.2 Å². The molecule has 1 fully saturated rings. The fourth-order valence-electron chi connectivity index (χ4n) is 3.68. The van der Waals surface area contributed by atoms with E-state index < -0.39 is 0 Å². The molecule has 1 saturated heterocycles. The lowest BCUT2D eigenvalue weighted by molar-refractivity contribution is 0.0783. The number of rotatable bonds is 4. The van der Waals surface area contributed by atoms with E-state index >= 15 is 0 Å². The van der Waals surface area contributed by atoms with Gasteiger partial charge in [-0.25, -0.2) is 4.98 Å². The average molecular weight is 462 g/mol. The zero-order chi connectivity index (χ0) is 18.3. The van der Waals surface area contributed by atoms with Crippen molar-refractivity contribution in [1.82, 2.24) is 9.88 Å². The number of halogens is 1. The van der Waals surface area contributed by atoms with Gasteiger partial charge in [0.2, 0.25) is 0 Å². The van der Waals surface area contributed by atoms with Gasteiger partial charge in [-0.05, 0) is 73.0 Å². The molecule has 1 aromatic carbocycles. The molecule has 0 saturated carbocycles. The van der Waals surface area contributed by atoms with E-state index in [1.807, 2.05) is 24.0 Å². The summed E-state index contributed by atoms with van der Waals surface area (Å²) in [5.74, 6) is 0.765. The van der Waals surface area contributed by atoms with Gasteiger partial charge in [-0.2, -0.15) is 0 Å². The Morgan fingerprint density at radius 1 is 1.23 bits per heavy atom. The minimum atomic E-state index is 0.0321. The predicted octanol–water partition coefficient (Wildman–Crippen LogP) is 4.31. The summed E-state index contributed by atoms with van der Waals surface area (Å²) in [4.78, 5) is 21.3. The zero-order valence-corrected chi connectivity index (χ0v) is 17.3. The van der Waals surface area contributed by atoms with Gasteiger partial charge in [-0.15, -0.1) is 0 Å². The van der Waals surface area contributed by atoms with E-state index in [0.717, 1.165) is 30.2 Å². The number of anilines is 3. The van der Waals surface area contributed by atoms with Crippen molar-refractivity contribution < 1.29 is 4.79 Å². The molecule has 0 spiro atoms. The van der Waals surface area contributed by atoms with Crippen molar-refractivity contribution in [3.05, 3.63) is 44.7 Å². The number of nitrogens with one attached hydrogen (secondary N) is 1. The third-order valence-electron chi connectivity index (χ3n) is 5.20. The standard InChI is InChI=1S/C20H23IN4O/c1-3-24-12-14-6-7-18(23-19(14)20(24)26)22-16-10-13(2)15(21)11-17(16)25-8-4-5-9-25/h6-7,10-11H,3-5,8-9,12H2,1-2H3,(H,22,23). The van der Waals surface area contributed by atoms with Crippen LogP contribution in [0.3, 0.4) is 0 Å². The second kappa shape index (κ2) is 7.06. The summed E-state index contributed by atoms with van der Waals surface area (Å²) in [5, 5.41) is 3.47. The Hall–Kier alpha value is -1.83. The molecule has 6 heteroatoms. The molecule has 4 rings (SSSR count). The molecule has 0 radical (unpaired) electrons. The highest BCUT2D eigenvalue weighted by Crippen LogP contribution is 2.34. The summed E-state index contributed by atoms with van der Waals surface area (Å²) in [7, 11) is 0. The molecule has 0 aliphatic carbocycles. The molecule has 2 aliphatic heterocycles. The van der Waals surface area contributed by atoms with Gasteiger partial charge in [0.1, 0.15) is 11.5 Å². The molecule has 5 nitrogen and oxygen atoms in total. The maximum Gasteiger partial charge on any atom is 0.273 e. The van der Waals surface area contributed by atoms with Crippen LogP contribution in [0.5, 0.6) is 0 Å². The molecule has 26 heavy (non-hydrogen) atoms. The van der Waals surface area contributed by atoms with E-state index in [9.17, 15) is 4.79 Å². The van der Waals surface area contributed by atoms with Gasteiger partial charge in [-0.1, -0.05) is 6.07 Å². The van der Waals surface area contributed by atoms with Crippen LogP contribution in [-0.4, -0.2) is 35.4 Å². The number of benzene rings is 1. The average Bonchev–Trinajstić information content (AvgIpc) is 3.26. The Kier molecular flexibility index (Phi) is 4.77. The van der Waals surface area contributed by atoms with E-state index in [4.69, 9.17) is 0 Å². The monoisotopic (exact) mass is 462 g/mol. The van der Waals surface area contributed by atoms with Crippen LogP contribution in [0, 0.1) is 10.5 Å². The number of amides is 1. The Bertz CT molecular complexity index is 861. The fourth-order valence-corrected chi connectivity index (χ4v) is 4.13. The van der Waals surface area contributed by atoms with Crippen LogP contribution in [0.2, 0.25) is 0 Å². The number of aromatic nitrogens is 1. The summed E-state index contributed by atoms with van der Waals surface area (Å²) < 4.78 is 1.27. The molecule has 1 N–H and O–H groups in total. The molecule has 0 bridgehead atoms. The van der Waals surface area contributed by atoms with Gasteiger partial charge < -0.3 is 15.1 Å². The summed E-state index contributed by atoms with van der Waals surface area (Å²) in [6, 6.07) is 8.44. The first-order valence-electron chi connectivity index (χ1n) is 9.18. The molecular weight excluding hydrogens is 439 g/mol. The van der Waals surface area contributed by atoms with Crippen LogP contribution in [0.15, 0.2) is 24.3 Å². The second-order valence-corrected chi connectivity index (χ2v) is 8.12. The van der Waals surface area contributed by atoms with Crippen LogP contribution in [0.1, 0.15) is 41.4 Å². The van der Waals surface area contributed by atoms with Gasteiger partial charge in [0, 0.05) is 35.3 Å². The van der Waals surface area contributed by atoms with E-state index in [-0.39, 0.29) is 5.91 Å². The topological polar surface area (TPSA) is 48.5 Å². The summed E-state index contributed by atoms with van der Waals surface area (Å²) in [5.41, 5.74) is 5.13. The van der Waals surface area contributed by atoms with Crippen molar-refractivity contribution in [3.8, 4) is 0 Å². The minimum absolute atomic E-state index is 0.0321. The van der Waals surface area contributed by atoms with Crippen LogP contribution < -0.4 is 10.2 Å². The molecule has 0 unspecified atom stereocenters. The molecule has 136 valence electrons. The van der Waals surface area contributed by atoms with Gasteiger partial charge in [-0.3, -0.25) is 4.79 Å². The van der Waals surface area contributed by atoms with Gasteiger partial charge in [0.15, 0.2) is 0 Å². The third kappa shape index (κ3) is 3.15. The van der Waals surface area contributed by atoms with Crippen molar-refractivity contribution in [2.75, 3.05) is 29.9 Å². The Morgan fingerprint density at radius 2 is 2.00 bits per heavy atom. The number of aryl methyl sites for hydroxylation is 1. The van der Waals surface area contributed by atoms with E-state index in [1.54, 1.807) is 0 Å². The molecule has 2 aromatic rings. The van der Waals surface area contributed by atoms with Gasteiger partial charge >= 0.3 is 0 Å². The van der Waals surface area contributed by atoms with Crippen molar-refractivity contribution in [1.29, 1.82) is 0 Å². The Morgan fingerprint density at radius 3 is 2.73 bits per heavy atom. The van der Waals surface area contributed by atoms with Gasteiger partial charge in [0.25, 0.3) is 5.91 Å². The smallest absolute Gasteiger partial charge is 0.273 e. The number of pyridine rings is 1. The lowest BCUT2D eigenvalue weighted by Crippen LogP contribution is -2.23. The first-order valence-corrected chi connectivity index (χ1v) is 10.3. The van der Waals surface area contributed by atoms with Crippen molar-refractivity contribution in [2.24, 2.45) is 0 Å². The highest BCUT2D eigenvalue weighted by Gasteiger charge is 2.28. The molecule has 1 aromatic heterocycles. The SMILES string of the molecule is CCN1Cc2ccc(Nc3cc(C)c(I)cc3N3CCCC3)nc2C1=O. The predicted molar refractivity (Wildman–Crippen MR) is 113 cm³/mol. The molecular formula is C20H23IN4O. The second-order valence-electron chi connectivity index (χ2n) is 6.96. The first-order chi connectivity index (χ1) is 12.6. The number of nitrogens with zero attached hydrogens (tertiary/aromatic N) is 3. The van der Waals surface area contributed by atoms with Gasteiger partial charge in [0.05, 0.1) is 11.4 Å². The number of hydrogen-bond donors (Lipinski definition) is 1. The normalized spacial score (nSPS) is 16.3. The van der Waals surface area contributed by atoms with Crippen LogP contribution in [0.25, 0.3) is 0 Å². The quantitative estimate of drug-likeness (QED) is 0.688. The van der Waals surface area contributed by atoms with Crippen molar-refractivity contribution >= 4 is 45.7 Å². The van der Waals surface area contributed by atoms with Crippen LogP contribution in [-0.2, 0) is 6.54 Å². The van der Waals surface area contributed by atoms with E-state index in [0.29, 0.717) is 18.8 Å². The maximum absolute atomic E-state index is 12.4. The highest BCUT2D eigenvalue weighted by atomic mass is 127. The summed E-state index contributed by atoms with van der Waals surface area (Å²) in [6.07, 6.45) is 2.48. The molecule has 2 aliphatic rings. The lowest BCUT2D eigenvalue weighted by Gasteiger charge is -2.23. The summed E-state index contributed by atoms with van der Waals surface area (Å²) in [6.45, 7) is 7.69.